The van der Waals surface area contributed by atoms with Crippen molar-refractivity contribution in [3.8, 4) is 11.1 Å². The lowest BCUT2D eigenvalue weighted by Crippen LogP contribution is -2.06. The number of pyridine rings is 1. The van der Waals surface area contributed by atoms with Gasteiger partial charge in [-0.25, -0.2) is 14.5 Å². The number of carbonyl (C=O) groups is 1. The predicted octanol–water partition coefficient (Wildman–Crippen LogP) is 4.63. The third-order valence-corrected chi connectivity index (χ3v) is 5.11. The Kier molecular flexibility index (Phi) is 6.17. The molecule has 0 fully saturated rings. The first-order chi connectivity index (χ1) is 15.1. The molecule has 0 bridgehead atoms. The van der Waals surface area contributed by atoms with Crippen LogP contribution < -0.4 is 0 Å². The van der Waals surface area contributed by atoms with Gasteiger partial charge in [0.05, 0.1) is 5.56 Å². The van der Waals surface area contributed by atoms with Gasteiger partial charge < -0.3 is 5.11 Å². The van der Waals surface area contributed by atoms with Crippen LogP contribution in [0.15, 0.2) is 73.1 Å². The van der Waals surface area contributed by atoms with Crippen LogP contribution in [0.25, 0.3) is 11.1 Å². The summed E-state index contributed by atoms with van der Waals surface area (Å²) in [5.74, 6) is 0.806. The zero-order chi connectivity index (χ0) is 21.6. The van der Waals surface area contributed by atoms with E-state index in [1.807, 2.05) is 47.1 Å². The van der Waals surface area contributed by atoms with Gasteiger partial charge in [0.1, 0.15) is 5.82 Å². The Hall–Kier alpha value is -3.80. The monoisotopic (exact) mass is 412 g/mol. The highest BCUT2D eigenvalue weighted by Gasteiger charge is 2.13. The third kappa shape index (κ3) is 4.86. The molecule has 156 valence electrons. The van der Waals surface area contributed by atoms with Crippen molar-refractivity contribution in [3.05, 3.63) is 101 Å². The largest absolute Gasteiger partial charge is 0.478 e. The first-order valence-electron chi connectivity index (χ1n) is 10.4. The van der Waals surface area contributed by atoms with Crippen LogP contribution in [0.2, 0.25) is 0 Å². The highest BCUT2D eigenvalue weighted by molar-refractivity contribution is 5.95. The summed E-state index contributed by atoms with van der Waals surface area (Å²) in [6, 6.07) is 19.6. The lowest BCUT2D eigenvalue weighted by atomic mass is 10.00. The molecule has 0 radical (unpaired) electrons. The lowest BCUT2D eigenvalue weighted by molar-refractivity contribution is 0.0697. The molecule has 0 aliphatic carbocycles. The van der Waals surface area contributed by atoms with E-state index in [1.54, 1.807) is 6.20 Å². The van der Waals surface area contributed by atoms with Crippen LogP contribution in [-0.4, -0.2) is 30.8 Å². The smallest absolute Gasteiger partial charge is 0.336 e. The lowest BCUT2D eigenvalue weighted by Gasteiger charge is -2.08. The topological polar surface area (TPSA) is 80.9 Å². The third-order valence-electron chi connectivity index (χ3n) is 5.11. The molecular formula is C25H24N4O2. The van der Waals surface area contributed by atoms with E-state index in [0.717, 1.165) is 35.7 Å². The summed E-state index contributed by atoms with van der Waals surface area (Å²) in [6.45, 7) is 2.96. The van der Waals surface area contributed by atoms with Crippen LogP contribution in [0.1, 0.15) is 46.5 Å². The summed E-state index contributed by atoms with van der Waals surface area (Å²) in [5, 5.41) is 14.1. The van der Waals surface area contributed by atoms with Gasteiger partial charge >= 0.3 is 5.97 Å². The number of hydrogen-bond donors (Lipinski definition) is 1. The van der Waals surface area contributed by atoms with Crippen molar-refractivity contribution in [2.45, 2.75) is 32.7 Å². The van der Waals surface area contributed by atoms with Gasteiger partial charge in [0, 0.05) is 37.3 Å². The van der Waals surface area contributed by atoms with Crippen molar-refractivity contribution < 1.29 is 9.90 Å². The molecule has 0 saturated carbocycles. The van der Waals surface area contributed by atoms with Crippen molar-refractivity contribution in [2.75, 3.05) is 0 Å². The molecule has 2 heterocycles. The molecule has 0 saturated heterocycles. The maximum atomic E-state index is 11.5. The van der Waals surface area contributed by atoms with E-state index in [2.05, 4.69) is 24.0 Å². The molecule has 31 heavy (non-hydrogen) atoms. The van der Waals surface area contributed by atoms with Crippen LogP contribution in [0.5, 0.6) is 0 Å². The minimum Gasteiger partial charge on any atom is -0.478 e. The molecule has 0 spiro atoms. The normalized spacial score (nSPS) is 10.9. The first kappa shape index (κ1) is 20.5. The van der Waals surface area contributed by atoms with E-state index in [1.165, 1.54) is 17.8 Å². The van der Waals surface area contributed by atoms with Crippen LogP contribution in [0, 0.1) is 0 Å². The number of hydrogen-bond acceptors (Lipinski definition) is 4. The van der Waals surface area contributed by atoms with E-state index < -0.39 is 5.97 Å². The number of carboxylic acids is 1. The Bertz CT molecular complexity index is 1170. The maximum absolute atomic E-state index is 11.5. The van der Waals surface area contributed by atoms with Crippen LogP contribution in [0.4, 0.5) is 0 Å². The van der Waals surface area contributed by atoms with E-state index >= 15 is 0 Å². The van der Waals surface area contributed by atoms with E-state index in [0.29, 0.717) is 18.4 Å². The van der Waals surface area contributed by atoms with E-state index in [4.69, 9.17) is 10.1 Å². The predicted molar refractivity (Wildman–Crippen MR) is 119 cm³/mol. The summed E-state index contributed by atoms with van der Waals surface area (Å²) in [7, 11) is 0. The molecule has 6 heteroatoms. The molecule has 0 amide bonds. The Morgan fingerprint density at radius 2 is 1.71 bits per heavy atom. The average molecular weight is 412 g/mol. The van der Waals surface area contributed by atoms with Gasteiger partial charge in [0.15, 0.2) is 5.82 Å². The zero-order valence-corrected chi connectivity index (χ0v) is 17.4. The number of aryl methyl sites for hydroxylation is 1. The number of carboxylic acid groups (broad SMARTS) is 1. The van der Waals surface area contributed by atoms with Crippen molar-refractivity contribution >= 4 is 5.97 Å². The fourth-order valence-corrected chi connectivity index (χ4v) is 3.60. The summed E-state index contributed by atoms with van der Waals surface area (Å²) in [4.78, 5) is 20.4. The maximum Gasteiger partial charge on any atom is 0.336 e. The molecule has 0 aliphatic heterocycles. The first-order valence-corrected chi connectivity index (χ1v) is 10.4. The SMILES string of the molecule is CCCn1nc(Cc2ccccc2)nc1Cc1ccc(-c2cnccc2C(=O)O)cc1. The highest BCUT2D eigenvalue weighted by atomic mass is 16.4. The number of aromatic nitrogens is 4. The van der Waals surface area contributed by atoms with Crippen LogP contribution in [-0.2, 0) is 19.4 Å². The Morgan fingerprint density at radius 1 is 0.968 bits per heavy atom. The minimum absolute atomic E-state index is 0.246. The molecular weight excluding hydrogens is 388 g/mol. The molecule has 2 aromatic heterocycles. The molecule has 0 atom stereocenters. The van der Waals surface area contributed by atoms with Gasteiger partial charge in [0.25, 0.3) is 0 Å². The Balaban J connectivity index is 1.56. The van der Waals surface area contributed by atoms with Crippen molar-refractivity contribution in [3.63, 3.8) is 0 Å². The van der Waals surface area contributed by atoms with Gasteiger partial charge in [0.2, 0.25) is 0 Å². The fourth-order valence-electron chi connectivity index (χ4n) is 3.60. The standard InChI is InChI=1S/C25H24N4O2/c1-2-14-29-24(27-23(28-29)15-18-6-4-3-5-7-18)16-19-8-10-20(11-9-19)22-17-26-13-12-21(22)25(30)31/h3-13,17H,2,14-16H2,1H3,(H,30,31). The molecule has 2 aromatic carbocycles. The molecule has 1 N–H and O–H groups in total. The highest BCUT2D eigenvalue weighted by Crippen LogP contribution is 2.24. The molecule has 0 unspecified atom stereocenters. The number of rotatable bonds is 8. The second-order valence-corrected chi connectivity index (χ2v) is 7.43. The second kappa shape index (κ2) is 9.34. The van der Waals surface area contributed by atoms with Gasteiger partial charge in [-0.3, -0.25) is 4.98 Å². The Labute approximate surface area is 181 Å². The quantitative estimate of drug-likeness (QED) is 0.456. The fraction of sp³-hybridized carbons (Fsp3) is 0.200. The van der Waals surface area contributed by atoms with E-state index in [-0.39, 0.29) is 5.56 Å². The van der Waals surface area contributed by atoms with Gasteiger partial charge in [-0.1, -0.05) is 61.5 Å². The number of nitrogens with zero attached hydrogens (tertiary/aromatic N) is 4. The summed E-state index contributed by atoms with van der Waals surface area (Å²) in [6.07, 6.45) is 5.45. The molecule has 4 aromatic rings. The van der Waals surface area contributed by atoms with Crippen molar-refractivity contribution in [2.24, 2.45) is 0 Å². The summed E-state index contributed by atoms with van der Waals surface area (Å²) < 4.78 is 2.00. The average Bonchev–Trinajstić information content (AvgIpc) is 3.16. The van der Waals surface area contributed by atoms with Crippen LogP contribution >= 0.6 is 0 Å². The summed E-state index contributed by atoms with van der Waals surface area (Å²) in [5.41, 5.74) is 3.98. The van der Waals surface area contributed by atoms with Crippen molar-refractivity contribution in [1.29, 1.82) is 0 Å². The molecule has 4 rings (SSSR count). The Morgan fingerprint density at radius 3 is 2.42 bits per heavy atom. The number of benzene rings is 2. The van der Waals surface area contributed by atoms with E-state index in [9.17, 15) is 9.90 Å². The number of aromatic carboxylic acids is 1. The van der Waals surface area contributed by atoms with Crippen molar-refractivity contribution in [1.82, 2.24) is 19.7 Å². The molecule has 0 aliphatic rings. The minimum atomic E-state index is -0.958. The second-order valence-electron chi connectivity index (χ2n) is 7.43. The zero-order valence-electron chi connectivity index (χ0n) is 17.4. The summed E-state index contributed by atoms with van der Waals surface area (Å²) >= 11 is 0. The van der Waals surface area contributed by atoms with Crippen LogP contribution in [0.3, 0.4) is 0 Å². The van der Waals surface area contributed by atoms with Gasteiger partial charge in [-0.2, -0.15) is 5.10 Å². The van der Waals surface area contributed by atoms with Gasteiger partial charge in [-0.15, -0.1) is 0 Å². The molecule has 6 nitrogen and oxygen atoms in total. The van der Waals surface area contributed by atoms with Gasteiger partial charge in [-0.05, 0) is 29.2 Å².